The Bertz CT molecular complexity index is 958. The molecule has 2 aromatic rings. The Kier molecular flexibility index (Phi) is 6.36. The van der Waals surface area contributed by atoms with Gasteiger partial charge in [0.25, 0.3) is 5.91 Å². The highest BCUT2D eigenvalue weighted by Crippen LogP contribution is 2.21. The molecule has 2 aromatic carbocycles. The molecule has 5 nitrogen and oxygen atoms in total. The van der Waals surface area contributed by atoms with Gasteiger partial charge in [0.05, 0.1) is 4.90 Å². The Balaban J connectivity index is 1.66. The van der Waals surface area contributed by atoms with Crippen LogP contribution in [-0.4, -0.2) is 56.0 Å². The van der Waals surface area contributed by atoms with Crippen LogP contribution in [0.5, 0.6) is 0 Å². The molecule has 0 spiro atoms. The van der Waals surface area contributed by atoms with Crippen LogP contribution in [0.1, 0.15) is 15.9 Å². The van der Waals surface area contributed by atoms with Crippen LogP contribution in [0.4, 0.5) is 8.78 Å². The average molecular weight is 427 g/mol. The molecule has 3 rings (SSSR count). The Labute approximate surface area is 167 Å². The zero-order valence-corrected chi connectivity index (χ0v) is 16.9. The maximum Gasteiger partial charge on any atom is 0.253 e. The van der Waals surface area contributed by atoms with Gasteiger partial charge in [-0.2, -0.15) is 16.1 Å². The predicted molar refractivity (Wildman–Crippen MR) is 105 cm³/mol. The Morgan fingerprint density at radius 3 is 2.21 bits per heavy atom. The van der Waals surface area contributed by atoms with Gasteiger partial charge in [-0.1, -0.05) is 12.1 Å². The molecule has 1 saturated heterocycles. The molecule has 0 aliphatic carbocycles. The number of thioether (sulfide) groups is 1. The minimum absolute atomic E-state index is 0.0949. The van der Waals surface area contributed by atoms with E-state index in [4.69, 9.17) is 0 Å². The highest BCUT2D eigenvalue weighted by Gasteiger charge is 2.31. The Morgan fingerprint density at radius 1 is 1.00 bits per heavy atom. The third-order valence-corrected chi connectivity index (χ3v) is 7.08. The maximum atomic E-state index is 13.4. The first-order valence-corrected chi connectivity index (χ1v) is 11.5. The second-order valence-corrected chi connectivity index (χ2v) is 9.21. The number of piperazine rings is 1. The molecule has 0 N–H and O–H groups in total. The monoisotopic (exact) mass is 426 g/mol. The number of hydrogen-bond donors (Lipinski definition) is 0. The van der Waals surface area contributed by atoms with Crippen molar-refractivity contribution in [2.45, 2.75) is 10.6 Å². The molecule has 150 valence electrons. The summed E-state index contributed by atoms with van der Waals surface area (Å²) in [5.74, 6) is -1.59. The third-order valence-electron chi connectivity index (χ3n) is 4.57. The summed E-state index contributed by atoms with van der Waals surface area (Å²) in [4.78, 5) is 13.9. The summed E-state index contributed by atoms with van der Waals surface area (Å²) in [6.07, 6.45) is 2.01. The molecular formula is C19H20F2N2O3S2. The molecule has 28 heavy (non-hydrogen) atoms. The molecule has 1 amide bonds. The van der Waals surface area contributed by atoms with Crippen molar-refractivity contribution in [3.63, 3.8) is 0 Å². The number of rotatable bonds is 5. The van der Waals surface area contributed by atoms with Crippen molar-refractivity contribution < 1.29 is 22.0 Å². The summed E-state index contributed by atoms with van der Waals surface area (Å²) in [5, 5.41) is 0. The Morgan fingerprint density at radius 2 is 1.64 bits per heavy atom. The minimum atomic E-state index is -3.94. The van der Waals surface area contributed by atoms with E-state index in [-0.39, 0.29) is 37.0 Å². The summed E-state index contributed by atoms with van der Waals surface area (Å²) in [5.41, 5.74) is 1.69. The average Bonchev–Trinajstić information content (AvgIpc) is 2.70. The van der Waals surface area contributed by atoms with E-state index < -0.39 is 21.7 Å². The maximum absolute atomic E-state index is 13.4. The van der Waals surface area contributed by atoms with Crippen molar-refractivity contribution in [3.05, 3.63) is 65.2 Å². The van der Waals surface area contributed by atoms with Crippen LogP contribution in [0, 0.1) is 11.6 Å². The van der Waals surface area contributed by atoms with E-state index in [9.17, 15) is 22.0 Å². The fourth-order valence-electron chi connectivity index (χ4n) is 3.01. The van der Waals surface area contributed by atoms with Crippen molar-refractivity contribution in [1.82, 2.24) is 9.21 Å². The lowest BCUT2D eigenvalue weighted by Crippen LogP contribution is -2.50. The lowest BCUT2D eigenvalue weighted by atomic mass is 10.1. The molecular weight excluding hydrogens is 406 g/mol. The molecule has 1 aliphatic heterocycles. The zero-order valence-electron chi connectivity index (χ0n) is 15.3. The second-order valence-electron chi connectivity index (χ2n) is 6.40. The van der Waals surface area contributed by atoms with Crippen LogP contribution >= 0.6 is 11.8 Å². The normalized spacial score (nSPS) is 15.6. The zero-order chi connectivity index (χ0) is 20.3. The van der Waals surface area contributed by atoms with E-state index in [0.29, 0.717) is 11.6 Å². The van der Waals surface area contributed by atoms with Crippen molar-refractivity contribution in [3.8, 4) is 0 Å². The summed E-state index contributed by atoms with van der Waals surface area (Å²) in [6, 6.07) is 9.89. The van der Waals surface area contributed by atoms with Gasteiger partial charge in [-0.3, -0.25) is 4.79 Å². The number of carbonyl (C=O) groups excluding carboxylic acids is 1. The van der Waals surface area contributed by atoms with Crippen molar-refractivity contribution in [1.29, 1.82) is 0 Å². The first-order valence-electron chi connectivity index (χ1n) is 8.65. The van der Waals surface area contributed by atoms with Crippen LogP contribution in [0.15, 0.2) is 47.4 Å². The summed E-state index contributed by atoms with van der Waals surface area (Å²) in [6.45, 7) is 0.651. The van der Waals surface area contributed by atoms with Crippen LogP contribution in [0.3, 0.4) is 0 Å². The minimum Gasteiger partial charge on any atom is -0.336 e. The van der Waals surface area contributed by atoms with Crippen molar-refractivity contribution in [2.75, 3.05) is 32.4 Å². The van der Waals surface area contributed by atoms with Crippen molar-refractivity contribution in [2.24, 2.45) is 0 Å². The topological polar surface area (TPSA) is 57.7 Å². The van der Waals surface area contributed by atoms with Gasteiger partial charge in [-0.05, 0) is 42.2 Å². The van der Waals surface area contributed by atoms with Gasteiger partial charge in [-0.15, -0.1) is 0 Å². The van der Waals surface area contributed by atoms with Gasteiger partial charge < -0.3 is 4.90 Å². The molecule has 0 aromatic heterocycles. The molecule has 0 atom stereocenters. The van der Waals surface area contributed by atoms with E-state index in [0.717, 1.165) is 23.4 Å². The van der Waals surface area contributed by atoms with E-state index in [1.54, 1.807) is 28.8 Å². The van der Waals surface area contributed by atoms with Gasteiger partial charge in [0.15, 0.2) is 11.6 Å². The third kappa shape index (κ3) is 4.37. The highest BCUT2D eigenvalue weighted by atomic mass is 32.2. The number of benzene rings is 2. The fraction of sp³-hybridized carbons (Fsp3) is 0.316. The molecule has 0 bridgehead atoms. The number of amides is 1. The molecule has 0 saturated carbocycles. The fourth-order valence-corrected chi connectivity index (χ4v) is 4.97. The first-order chi connectivity index (χ1) is 13.3. The molecule has 0 unspecified atom stereocenters. The largest absolute Gasteiger partial charge is 0.336 e. The number of nitrogens with zero attached hydrogens (tertiary/aromatic N) is 2. The van der Waals surface area contributed by atoms with Crippen LogP contribution < -0.4 is 0 Å². The first kappa shape index (κ1) is 20.8. The van der Waals surface area contributed by atoms with E-state index in [2.05, 4.69) is 0 Å². The number of sulfonamides is 1. The lowest BCUT2D eigenvalue weighted by Gasteiger charge is -2.34. The summed E-state index contributed by atoms with van der Waals surface area (Å²) < 4.78 is 52.9. The quantitative estimate of drug-likeness (QED) is 0.738. The molecule has 1 fully saturated rings. The number of carbonyl (C=O) groups is 1. The second kappa shape index (κ2) is 8.59. The smallest absolute Gasteiger partial charge is 0.253 e. The van der Waals surface area contributed by atoms with E-state index in [1.807, 2.05) is 18.4 Å². The standard InChI is InChI=1S/C19H20F2N2O3S2/c1-27-13-14-2-4-15(5-3-14)19(24)22-8-10-23(11-9-22)28(25,26)16-6-7-17(20)18(21)12-16/h2-7,12H,8-11,13H2,1H3. The SMILES string of the molecule is CSCc1ccc(C(=O)N2CCN(S(=O)(=O)c3ccc(F)c(F)c3)CC2)cc1. The Hall–Kier alpha value is -1.97. The van der Waals surface area contributed by atoms with Crippen molar-refractivity contribution >= 4 is 27.7 Å². The molecule has 1 aliphatic rings. The molecule has 0 radical (unpaired) electrons. The highest BCUT2D eigenvalue weighted by molar-refractivity contribution is 7.97. The van der Waals surface area contributed by atoms with Crippen LogP contribution in [-0.2, 0) is 15.8 Å². The van der Waals surface area contributed by atoms with Gasteiger partial charge in [0.2, 0.25) is 10.0 Å². The van der Waals surface area contributed by atoms with Gasteiger partial charge in [0, 0.05) is 37.5 Å². The van der Waals surface area contributed by atoms with Gasteiger partial charge >= 0.3 is 0 Å². The summed E-state index contributed by atoms with van der Waals surface area (Å²) >= 11 is 1.70. The lowest BCUT2D eigenvalue weighted by molar-refractivity contribution is 0.0698. The van der Waals surface area contributed by atoms with Crippen LogP contribution in [0.2, 0.25) is 0 Å². The number of hydrogen-bond acceptors (Lipinski definition) is 4. The molecule has 1 heterocycles. The van der Waals surface area contributed by atoms with E-state index in [1.165, 1.54) is 4.31 Å². The summed E-state index contributed by atoms with van der Waals surface area (Å²) in [7, 11) is -3.94. The number of halogens is 2. The van der Waals surface area contributed by atoms with Gasteiger partial charge in [-0.25, -0.2) is 17.2 Å². The van der Waals surface area contributed by atoms with Crippen LogP contribution in [0.25, 0.3) is 0 Å². The molecule has 9 heteroatoms. The van der Waals surface area contributed by atoms with Gasteiger partial charge in [0.1, 0.15) is 0 Å². The predicted octanol–water partition coefficient (Wildman–Crippen LogP) is 2.97. The van der Waals surface area contributed by atoms with E-state index >= 15 is 0 Å².